The third-order valence-electron chi connectivity index (χ3n) is 3.00. The molecule has 1 aromatic carbocycles. The maximum Gasteiger partial charge on any atom is 0.128 e. The topological polar surface area (TPSA) is 41.9 Å². The first-order valence-corrected chi connectivity index (χ1v) is 6.38. The highest BCUT2D eigenvalue weighted by Crippen LogP contribution is 2.24. The van der Waals surface area contributed by atoms with Crippen LogP contribution in [0, 0.1) is 0 Å². The fraction of sp³-hybridized carbons (Fsp3) is 0.571. The van der Waals surface area contributed by atoms with E-state index in [0.29, 0.717) is 12.4 Å². The molecule has 0 fully saturated rings. The largest absolute Gasteiger partial charge is 0.497 e. The van der Waals surface area contributed by atoms with Gasteiger partial charge in [-0.05, 0) is 25.2 Å². The number of benzene rings is 1. The third kappa shape index (κ3) is 4.20. The Morgan fingerprint density at radius 1 is 1.22 bits per heavy atom. The van der Waals surface area contributed by atoms with Gasteiger partial charge in [0.25, 0.3) is 0 Å². The van der Waals surface area contributed by atoms with Crippen LogP contribution in [0.25, 0.3) is 0 Å². The summed E-state index contributed by atoms with van der Waals surface area (Å²) in [5.74, 6) is 1.44. The monoisotopic (exact) mass is 253 g/mol. The summed E-state index contributed by atoms with van der Waals surface area (Å²) in [6.45, 7) is 7.78. The smallest absolute Gasteiger partial charge is 0.128 e. The molecular weight excluding hydrogens is 230 g/mol. The zero-order chi connectivity index (χ0) is 13.4. The second-order valence-corrected chi connectivity index (χ2v) is 4.01. The van der Waals surface area contributed by atoms with E-state index in [9.17, 15) is 5.11 Å². The zero-order valence-corrected chi connectivity index (χ0v) is 11.5. The average Bonchev–Trinajstić information content (AvgIpc) is 2.43. The van der Waals surface area contributed by atoms with Crippen molar-refractivity contribution in [2.75, 3.05) is 33.4 Å². The average molecular weight is 253 g/mol. The lowest BCUT2D eigenvalue weighted by Crippen LogP contribution is -2.28. The normalized spacial score (nSPS) is 10.7. The van der Waals surface area contributed by atoms with Gasteiger partial charge in [0.15, 0.2) is 0 Å². The first-order chi connectivity index (χ1) is 8.74. The van der Waals surface area contributed by atoms with E-state index >= 15 is 0 Å². The van der Waals surface area contributed by atoms with Gasteiger partial charge in [-0.15, -0.1) is 0 Å². The van der Waals surface area contributed by atoms with E-state index < -0.39 is 0 Å². The van der Waals surface area contributed by atoms with Crippen molar-refractivity contribution >= 4 is 0 Å². The van der Waals surface area contributed by atoms with Crippen molar-refractivity contribution < 1.29 is 14.6 Å². The molecule has 0 unspecified atom stereocenters. The predicted octanol–water partition coefficient (Wildman–Crippen LogP) is 1.91. The van der Waals surface area contributed by atoms with Crippen molar-refractivity contribution in [2.45, 2.75) is 20.5 Å². The number of aliphatic hydroxyl groups is 1. The van der Waals surface area contributed by atoms with E-state index in [4.69, 9.17) is 9.47 Å². The summed E-state index contributed by atoms with van der Waals surface area (Å²) in [5.41, 5.74) is 0.787. The van der Waals surface area contributed by atoms with Gasteiger partial charge in [0.05, 0.1) is 13.7 Å². The fourth-order valence-corrected chi connectivity index (χ4v) is 1.75. The summed E-state index contributed by atoms with van der Waals surface area (Å²) < 4.78 is 10.9. The Balaban J connectivity index is 2.59. The van der Waals surface area contributed by atoms with Crippen LogP contribution >= 0.6 is 0 Å². The second kappa shape index (κ2) is 7.95. The highest BCUT2D eigenvalue weighted by Gasteiger charge is 2.06. The summed E-state index contributed by atoms with van der Waals surface area (Å²) in [6, 6.07) is 5.46. The molecule has 102 valence electrons. The second-order valence-electron chi connectivity index (χ2n) is 4.01. The van der Waals surface area contributed by atoms with Crippen LogP contribution in [0.2, 0.25) is 0 Å². The van der Waals surface area contributed by atoms with Crippen molar-refractivity contribution in [2.24, 2.45) is 0 Å². The third-order valence-corrected chi connectivity index (χ3v) is 3.00. The number of ether oxygens (including phenoxy) is 2. The molecule has 0 aliphatic carbocycles. The van der Waals surface area contributed by atoms with Crippen LogP contribution in [0.15, 0.2) is 18.2 Å². The van der Waals surface area contributed by atoms with E-state index in [1.165, 1.54) is 0 Å². The summed E-state index contributed by atoms with van der Waals surface area (Å²) in [4.78, 5) is 2.29. The van der Waals surface area contributed by atoms with E-state index in [1.54, 1.807) is 7.11 Å². The predicted molar refractivity (Wildman–Crippen MR) is 72.2 cm³/mol. The van der Waals surface area contributed by atoms with E-state index in [0.717, 1.165) is 30.9 Å². The molecular formula is C14H23NO3. The Morgan fingerprint density at radius 3 is 2.50 bits per heavy atom. The van der Waals surface area contributed by atoms with Crippen molar-refractivity contribution in [1.29, 1.82) is 0 Å². The molecule has 18 heavy (non-hydrogen) atoms. The minimum Gasteiger partial charge on any atom is -0.497 e. The maximum absolute atomic E-state index is 9.25. The molecule has 0 radical (unpaired) electrons. The molecule has 0 amide bonds. The van der Waals surface area contributed by atoms with Gasteiger partial charge in [-0.2, -0.15) is 0 Å². The molecule has 0 heterocycles. The molecule has 0 aliphatic heterocycles. The van der Waals surface area contributed by atoms with Gasteiger partial charge in [-0.3, -0.25) is 0 Å². The SMILES string of the molecule is CCN(CC)CCOc1cc(OC)ccc1CO. The van der Waals surface area contributed by atoms with E-state index in [-0.39, 0.29) is 6.61 Å². The number of methoxy groups -OCH3 is 1. The lowest BCUT2D eigenvalue weighted by molar-refractivity contribution is 0.215. The van der Waals surface area contributed by atoms with Crippen LogP contribution in [-0.4, -0.2) is 43.4 Å². The molecule has 0 saturated heterocycles. The number of likely N-dealkylation sites (N-methyl/N-ethyl adjacent to an activating group) is 1. The molecule has 0 spiro atoms. The summed E-state index contributed by atoms with van der Waals surface area (Å²) in [6.07, 6.45) is 0. The van der Waals surface area contributed by atoms with E-state index in [1.807, 2.05) is 18.2 Å². The highest BCUT2D eigenvalue weighted by molar-refractivity contribution is 5.40. The number of nitrogens with zero attached hydrogens (tertiary/aromatic N) is 1. The van der Waals surface area contributed by atoms with Gasteiger partial charge in [-0.25, -0.2) is 0 Å². The molecule has 4 nitrogen and oxygen atoms in total. The Bertz CT molecular complexity index is 351. The fourth-order valence-electron chi connectivity index (χ4n) is 1.75. The number of aliphatic hydroxyl groups excluding tert-OH is 1. The molecule has 0 aliphatic rings. The standard InChI is InChI=1S/C14H23NO3/c1-4-15(5-2)8-9-18-14-10-13(17-3)7-6-12(14)11-16/h6-7,10,16H,4-5,8-9,11H2,1-3H3. The molecule has 0 aromatic heterocycles. The minimum atomic E-state index is -0.0232. The lowest BCUT2D eigenvalue weighted by Gasteiger charge is -2.19. The Hall–Kier alpha value is -1.26. The molecule has 1 N–H and O–H groups in total. The van der Waals surface area contributed by atoms with Crippen LogP contribution < -0.4 is 9.47 Å². The number of hydrogen-bond donors (Lipinski definition) is 1. The molecule has 0 bridgehead atoms. The zero-order valence-electron chi connectivity index (χ0n) is 11.5. The van der Waals surface area contributed by atoms with Crippen molar-refractivity contribution in [3.8, 4) is 11.5 Å². The van der Waals surface area contributed by atoms with Crippen LogP contribution in [0.4, 0.5) is 0 Å². The van der Waals surface area contributed by atoms with Crippen LogP contribution in [-0.2, 0) is 6.61 Å². The van der Waals surface area contributed by atoms with Gasteiger partial charge in [0, 0.05) is 18.2 Å². The molecule has 1 aromatic rings. The van der Waals surface area contributed by atoms with Crippen LogP contribution in [0.5, 0.6) is 11.5 Å². The van der Waals surface area contributed by atoms with Crippen LogP contribution in [0.1, 0.15) is 19.4 Å². The molecule has 1 rings (SSSR count). The highest BCUT2D eigenvalue weighted by atomic mass is 16.5. The number of hydrogen-bond acceptors (Lipinski definition) is 4. The number of rotatable bonds is 8. The van der Waals surface area contributed by atoms with Crippen molar-refractivity contribution in [3.05, 3.63) is 23.8 Å². The van der Waals surface area contributed by atoms with Crippen molar-refractivity contribution in [1.82, 2.24) is 4.90 Å². The van der Waals surface area contributed by atoms with Gasteiger partial charge < -0.3 is 19.5 Å². The minimum absolute atomic E-state index is 0.0232. The quantitative estimate of drug-likeness (QED) is 0.768. The van der Waals surface area contributed by atoms with Crippen molar-refractivity contribution in [3.63, 3.8) is 0 Å². The Morgan fingerprint density at radius 2 is 1.94 bits per heavy atom. The summed E-state index contributed by atoms with van der Waals surface area (Å²) in [5, 5.41) is 9.25. The van der Waals surface area contributed by atoms with Gasteiger partial charge >= 0.3 is 0 Å². The first-order valence-electron chi connectivity index (χ1n) is 6.38. The molecule has 4 heteroatoms. The summed E-state index contributed by atoms with van der Waals surface area (Å²) >= 11 is 0. The maximum atomic E-state index is 9.25. The Kier molecular flexibility index (Phi) is 6.54. The van der Waals surface area contributed by atoms with Gasteiger partial charge in [0.1, 0.15) is 18.1 Å². The molecule has 0 saturated carbocycles. The molecule has 0 atom stereocenters. The van der Waals surface area contributed by atoms with E-state index in [2.05, 4.69) is 18.7 Å². The lowest BCUT2D eigenvalue weighted by atomic mass is 10.2. The first kappa shape index (κ1) is 14.8. The Labute approximate surface area is 109 Å². The van der Waals surface area contributed by atoms with Crippen LogP contribution in [0.3, 0.4) is 0 Å². The van der Waals surface area contributed by atoms with Gasteiger partial charge in [-0.1, -0.05) is 13.8 Å². The summed E-state index contributed by atoms with van der Waals surface area (Å²) in [7, 11) is 1.62. The van der Waals surface area contributed by atoms with Gasteiger partial charge in [0.2, 0.25) is 0 Å².